The van der Waals surface area contributed by atoms with Gasteiger partial charge in [-0.15, -0.1) is 0 Å². The van der Waals surface area contributed by atoms with E-state index in [1.165, 1.54) is 47.2 Å². The Morgan fingerprint density at radius 3 is 2.59 bits per heavy atom. The number of anilines is 1. The van der Waals surface area contributed by atoms with Crippen LogP contribution in [0.15, 0.2) is 94.5 Å². The highest BCUT2D eigenvalue weighted by Gasteiger charge is 2.39. The Morgan fingerprint density at radius 1 is 1.03 bits per heavy atom. The Kier molecular flexibility index (Phi) is 6.14. The van der Waals surface area contributed by atoms with Gasteiger partial charge in [0.15, 0.2) is 5.17 Å². The van der Waals surface area contributed by atoms with Crippen LogP contribution >= 0.6 is 11.8 Å². The molecule has 1 fully saturated rings. The van der Waals surface area contributed by atoms with Crippen molar-refractivity contribution in [3.8, 4) is 0 Å². The first-order valence-corrected chi connectivity index (χ1v) is 11.6. The number of thioether (sulfide) groups is 1. The largest absolute Gasteiger partial charge is 0.467 e. The quantitative estimate of drug-likeness (QED) is 0.388. The Hall–Kier alpha value is -3.91. The molecule has 6 nitrogen and oxygen atoms in total. The lowest BCUT2D eigenvalue weighted by atomic mass is 10.1. The van der Waals surface area contributed by atoms with E-state index in [1.54, 1.807) is 12.1 Å². The molecular weight excluding hydrogens is 453 g/mol. The second kappa shape index (κ2) is 9.52. The number of amides is 2. The molecule has 0 aliphatic carbocycles. The molecule has 8 heteroatoms. The smallest absolute Gasteiger partial charge is 0.243 e. The molecule has 1 aliphatic rings. The van der Waals surface area contributed by atoms with Gasteiger partial charge in [0, 0.05) is 12.1 Å². The maximum absolute atomic E-state index is 13.3. The minimum Gasteiger partial charge on any atom is -0.467 e. The first-order valence-electron chi connectivity index (χ1n) is 10.7. The molecule has 2 heterocycles. The molecule has 0 spiro atoms. The molecule has 34 heavy (non-hydrogen) atoms. The number of hydrogen-bond acceptors (Lipinski definition) is 5. The van der Waals surface area contributed by atoms with Crippen LogP contribution in [0.25, 0.3) is 10.8 Å². The zero-order chi connectivity index (χ0) is 23.5. The number of hydrogen-bond donors (Lipinski definition) is 1. The van der Waals surface area contributed by atoms with Gasteiger partial charge in [0.05, 0.1) is 18.5 Å². The highest BCUT2D eigenvalue weighted by atomic mass is 32.2. The van der Waals surface area contributed by atoms with Crippen LogP contribution in [0, 0.1) is 5.82 Å². The Balaban J connectivity index is 1.33. The number of nitrogens with one attached hydrogen (secondary N) is 1. The van der Waals surface area contributed by atoms with Gasteiger partial charge >= 0.3 is 0 Å². The van der Waals surface area contributed by atoms with Crippen LogP contribution in [-0.4, -0.2) is 27.1 Å². The zero-order valence-electron chi connectivity index (χ0n) is 18.0. The van der Waals surface area contributed by atoms with E-state index in [4.69, 9.17) is 4.42 Å². The van der Waals surface area contributed by atoms with Crippen molar-refractivity contribution in [2.75, 3.05) is 5.32 Å². The second-order valence-electron chi connectivity index (χ2n) is 7.80. The van der Waals surface area contributed by atoms with Crippen molar-refractivity contribution < 1.29 is 18.4 Å². The van der Waals surface area contributed by atoms with Gasteiger partial charge in [0.1, 0.15) is 16.8 Å². The standard InChI is InChI=1S/C26H20FN3O3S/c27-19-8-11-20(12-9-19)29-26-30(16-22-6-3-13-33-22)25(32)23(34-26)15-24(31)28-21-10-7-17-4-1-2-5-18(17)14-21/h1-14,23H,15-16H2,(H,28,31). The van der Waals surface area contributed by atoms with Gasteiger partial charge < -0.3 is 9.73 Å². The Labute approximate surface area is 199 Å². The van der Waals surface area contributed by atoms with Gasteiger partial charge in [-0.1, -0.05) is 42.1 Å². The van der Waals surface area contributed by atoms with Crippen molar-refractivity contribution in [2.45, 2.75) is 18.2 Å². The summed E-state index contributed by atoms with van der Waals surface area (Å²) in [5, 5.41) is 4.80. The number of fused-ring (bicyclic) bond motifs is 1. The topological polar surface area (TPSA) is 74.9 Å². The van der Waals surface area contributed by atoms with Crippen LogP contribution in [0.5, 0.6) is 0 Å². The summed E-state index contributed by atoms with van der Waals surface area (Å²) in [7, 11) is 0. The monoisotopic (exact) mass is 473 g/mol. The summed E-state index contributed by atoms with van der Waals surface area (Å²) in [5.74, 6) is -0.255. The molecule has 4 aromatic rings. The molecule has 1 N–H and O–H groups in total. The second-order valence-corrected chi connectivity index (χ2v) is 8.97. The number of carbonyl (C=O) groups excluding carboxylic acids is 2. The summed E-state index contributed by atoms with van der Waals surface area (Å²) in [6.45, 7) is 0.196. The molecule has 2 amide bonds. The number of nitrogens with zero attached hydrogens (tertiary/aromatic N) is 2. The van der Waals surface area contributed by atoms with Gasteiger partial charge in [-0.3, -0.25) is 14.5 Å². The first-order chi connectivity index (χ1) is 16.5. The van der Waals surface area contributed by atoms with Crippen LogP contribution < -0.4 is 5.32 Å². The van der Waals surface area contributed by atoms with Crippen molar-refractivity contribution in [3.05, 3.63) is 96.7 Å². The van der Waals surface area contributed by atoms with Crippen molar-refractivity contribution in [2.24, 2.45) is 4.99 Å². The summed E-state index contributed by atoms with van der Waals surface area (Å²) in [5.41, 5.74) is 1.19. The number of benzene rings is 3. The molecule has 3 aromatic carbocycles. The molecule has 5 rings (SSSR count). The molecule has 1 unspecified atom stereocenters. The highest BCUT2D eigenvalue weighted by molar-refractivity contribution is 8.15. The van der Waals surface area contributed by atoms with Crippen LogP contribution in [0.1, 0.15) is 12.2 Å². The molecular formula is C26H20FN3O3S. The normalized spacial score (nSPS) is 17.0. The van der Waals surface area contributed by atoms with E-state index in [1.807, 2.05) is 42.5 Å². The summed E-state index contributed by atoms with van der Waals surface area (Å²) in [4.78, 5) is 32.0. The van der Waals surface area contributed by atoms with Crippen molar-refractivity contribution in [3.63, 3.8) is 0 Å². The number of furan rings is 1. The van der Waals surface area contributed by atoms with Crippen molar-refractivity contribution in [1.29, 1.82) is 0 Å². The minimum atomic E-state index is -0.630. The van der Waals surface area contributed by atoms with Gasteiger partial charge in [0.2, 0.25) is 11.8 Å². The van der Waals surface area contributed by atoms with E-state index in [9.17, 15) is 14.0 Å². The van der Waals surface area contributed by atoms with Gasteiger partial charge in [-0.25, -0.2) is 9.38 Å². The lowest BCUT2D eigenvalue weighted by Gasteiger charge is -2.15. The van der Waals surface area contributed by atoms with E-state index in [0.29, 0.717) is 22.3 Å². The number of amidine groups is 1. The van der Waals surface area contributed by atoms with E-state index in [0.717, 1.165) is 10.8 Å². The van der Waals surface area contributed by atoms with Crippen molar-refractivity contribution >= 4 is 50.9 Å². The van der Waals surface area contributed by atoms with Gasteiger partial charge in [0.25, 0.3) is 0 Å². The molecule has 1 aromatic heterocycles. The average Bonchev–Trinajstić information content (AvgIpc) is 3.45. The molecule has 170 valence electrons. The number of carbonyl (C=O) groups is 2. The maximum atomic E-state index is 13.3. The number of rotatable bonds is 6. The predicted octanol–water partition coefficient (Wildman–Crippen LogP) is 5.73. The molecule has 0 radical (unpaired) electrons. The van der Waals surface area contributed by atoms with Crippen molar-refractivity contribution in [1.82, 2.24) is 4.90 Å². The van der Waals surface area contributed by atoms with Crippen LogP contribution in [0.2, 0.25) is 0 Å². The lowest BCUT2D eigenvalue weighted by molar-refractivity contribution is -0.128. The summed E-state index contributed by atoms with van der Waals surface area (Å²) in [6, 6.07) is 22.8. The molecule has 1 saturated heterocycles. The fraction of sp³-hybridized carbons (Fsp3) is 0.115. The maximum Gasteiger partial charge on any atom is 0.243 e. The zero-order valence-corrected chi connectivity index (χ0v) is 18.8. The van der Waals surface area contributed by atoms with Crippen LogP contribution in [0.3, 0.4) is 0 Å². The first kappa shape index (κ1) is 21.9. The van der Waals surface area contributed by atoms with E-state index >= 15 is 0 Å². The number of aliphatic imine (C=N–C) groups is 1. The van der Waals surface area contributed by atoms with E-state index in [2.05, 4.69) is 10.3 Å². The third-order valence-electron chi connectivity index (χ3n) is 5.37. The molecule has 0 bridgehead atoms. The number of halogens is 1. The summed E-state index contributed by atoms with van der Waals surface area (Å²) < 4.78 is 18.7. The fourth-order valence-electron chi connectivity index (χ4n) is 3.70. The minimum absolute atomic E-state index is 0.00653. The molecule has 0 saturated carbocycles. The third-order valence-corrected chi connectivity index (χ3v) is 6.54. The predicted molar refractivity (Wildman–Crippen MR) is 131 cm³/mol. The van der Waals surface area contributed by atoms with E-state index in [-0.39, 0.29) is 30.6 Å². The van der Waals surface area contributed by atoms with Gasteiger partial charge in [-0.05, 0) is 59.3 Å². The lowest BCUT2D eigenvalue weighted by Crippen LogP contribution is -2.33. The highest BCUT2D eigenvalue weighted by Crippen LogP contribution is 2.33. The molecule has 1 atom stereocenters. The van der Waals surface area contributed by atoms with Gasteiger partial charge in [-0.2, -0.15) is 0 Å². The average molecular weight is 474 g/mol. The summed E-state index contributed by atoms with van der Waals surface area (Å²) in [6.07, 6.45) is 1.53. The van der Waals surface area contributed by atoms with E-state index < -0.39 is 5.25 Å². The SMILES string of the molecule is O=C(CC1SC(=Nc2ccc(F)cc2)N(Cc2ccco2)C1=O)Nc1ccc2ccccc2c1. The van der Waals surface area contributed by atoms with Crippen LogP contribution in [-0.2, 0) is 16.1 Å². The fourth-order valence-corrected chi connectivity index (χ4v) is 4.86. The molecule has 1 aliphatic heterocycles. The summed E-state index contributed by atoms with van der Waals surface area (Å²) >= 11 is 1.22. The van der Waals surface area contributed by atoms with Crippen LogP contribution in [0.4, 0.5) is 15.8 Å². The Morgan fingerprint density at radius 2 is 1.82 bits per heavy atom. The third kappa shape index (κ3) is 4.87. The Bertz CT molecular complexity index is 1370.